The fourth-order valence-electron chi connectivity index (χ4n) is 3.82. The van der Waals surface area contributed by atoms with Gasteiger partial charge in [0.05, 0.1) is 12.7 Å². The summed E-state index contributed by atoms with van der Waals surface area (Å²) in [6.45, 7) is 7.79. The number of aliphatic hydroxyl groups excluding tert-OH is 2. The van der Waals surface area contributed by atoms with Crippen LogP contribution in [0.15, 0.2) is 52.1 Å². The molecule has 1 amide bonds. The SMILES string of the molecule is C=c1cc(-c2ccc(/C=C(\C#N)C(=O)NCC(O)CO)o2)cc/c1=C/C(=C\C)N1CCCCC1. The number of nitriles is 1. The minimum Gasteiger partial charge on any atom is -0.457 e. The molecule has 1 saturated heterocycles. The maximum atomic E-state index is 12.1. The van der Waals surface area contributed by atoms with Crippen molar-refractivity contribution in [1.29, 1.82) is 5.26 Å². The summed E-state index contributed by atoms with van der Waals surface area (Å²) in [5, 5.41) is 31.8. The number of benzene rings is 1. The molecule has 0 bridgehead atoms. The van der Waals surface area contributed by atoms with Gasteiger partial charge in [0, 0.05) is 37.0 Å². The van der Waals surface area contributed by atoms with E-state index in [1.165, 1.54) is 31.0 Å². The van der Waals surface area contributed by atoms with Crippen molar-refractivity contribution in [2.45, 2.75) is 32.3 Å². The molecule has 1 fully saturated rings. The molecular weight excluding hydrogens is 430 g/mol. The Labute approximate surface area is 199 Å². The molecule has 1 aromatic heterocycles. The second-order valence-corrected chi connectivity index (χ2v) is 8.24. The summed E-state index contributed by atoms with van der Waals surface area (Å²) in [4.78, 5) is 14.5. The number of hydrogen-bond acceptors (Lipinski definition) is 6. The first-order valence-corrected chi connectivity index (χ1v) is 11.5. The fourth-order valence-corrected chi connectivity index (χ4v) is 3.82. The molecule has 7 nitrogen and oxygen atoms in total. The summed E-state index contributed by atoms with van der Waals surface area (Å²) < 4.78 is 5.84. The Morgan fingerprint density at radius 3 is 2.71 bits per heavy atom. The molecule has 1 aromatic carbocycles. The van der Waals surface area contributed by atoms with Gasteiger partial charge in [0.2, 0.25) is 0 Å². The third-order valence-electron chi connectivity index (χ3n) is 5.74. The molecule has 2 aromatic rings. The standard InChI is InChI=1S/C27H31N3O4/c1-3-23(30-11-5-4-6-12-30)14-20-7-8-21(13-19(20)2)26-10-9-25(34-26)15-22(16-28)27(33)29-17-24(32)18-31/h3,7-10,13-15,24,31-32H,2,4-6,11-12,17-18H2,1H3,(H,29,33)/b20-14-,22-15+,23-3+. The summed E-state index contributed by atoms with van der Waals surface area (Å²) in [5.41, 5.74) is 1.89. The number of carbonyl (C=O) groups is 1. The van der Waals surface area contributed by atoms with Gasteiger partial charge in [-0.05, 0) is 60.9 Å². The van der Waals surface area contributed by atoms with E-state index in [0.717, 1.165) is 29.1 Å². The summed E-state index contributed by atoms with van der Waals surface area (Å²) in [6.07, 6.45) is 8.29. The predicted molar refractivity (Wildman–Crippen MR) is 132 cm³/mol. The average Bonchev–Trinajstić information content (AvgIpc) is 3.34. The van der Waals surface area contributed by atoms with E-state index in [1.54, 1.807) is 12.1 Å². The minimum atomic E-state index is -1.08. The van der Waals surface area contributed by atoms with Crippen LogP contribution < -0.4 is 15.8 Å². The van der Waals surface area contributed by atoms with Gasteiger partial charge < -0.3 is 24.8 Å². The van der Waals surface area contributed by atoms with Crippen molar-refractivity contribution >= 4 is 24.6 Å². The Balaban J connectivity index is 1.78. The zero-order valence-corrected chi connectivity index (χ0v) is 19.5. The van der Waals surface area contributed by atoms with Crippen LogP contribution in [0.25, 0.3) is 30.1 Å². The lowest BCUT2D eigenvalue weighted by molar-refractivity contribution is -0.117. The number of carbonyl (C=O) groups excluding carboxylic acids is 1. The number of hydrogen-bond donors (Lipinski definition) is 3. The third-order valence-corrected chi connectivity index (χ3v) is 5.74. The van der Waals surface area contributed by atoms with Crippen LogP contribution in [0.5, 0.6) is 0 Å². The van der Waals surface area contributed by atoms with E-state index >= 15 is 0 Å². The van der Waals surface area contributed by atoms with E-state index in [-0.39, 0.29) is 12.1 Å². The predicted octanol–water partition coefficient (Wildman–Crippen LogP) is 1.90. The van der Waals surface area contributed by atoms with Crippen molar-refractivity contribution in [3.8, 4) is 17.4 Å². The molecule has 7 heteroatoms. The van der Waals surface area contributed by atoms with Gasteiger partial charge in [0.25, 0.3) is 5.91 Å². The van der Waals surface area contributed by atoms with Crippen LogP contribution in [0, 0.1) is 11.3 Å². The molecule has 1 unspecified atom stereocenters. The Morgan fingerprint density at radius 2 is 2.06 bits per heavy atom. The highest BCUT2D eigenvalue weighted by molar-refractivity contribution is 6.01. The Morgan fingerprint density at radius 1 is 1.29 bits per heavy atom. The van der Waals surface area contributed by atoms with Crippen LogP contribution in [0.3, 0.4) is 0 Å². The molecule has 34 heavy (non-hydrogen) atoms. The Kier molecular flexibility index (Phi) is 8.86. The van der Waals surface area contributed by atoms with Crippen molar-refractivity contribution in [3.05, 3.63) is 63.9 Å². The topological polar surface area (TPSA) is 110 Å². The highest BCUT2D eigenvalue weighted by atomic mass is 16.3. The zero-order valence-electron chi connectivity index (χ0n) is 19.5. The highest BCUT2D eigenvalue weighted by Gasteiger charge is 2.13. The van der Waals surface area contributed by atoms with Crippen LogP contribution in [0.4, 0.5) is 0 Å². The molecule has 2 heterocycles. The summed E-state index contributed by atoms with van der Waals surface area (Å²) in [5.74, 6) is 0.298. The van der Waals surface area contributed by atoms with Crippen LogP contribution in [-0.4, -0.2) is 53.4 Å². The lowest BCUT2D eigenvalue weighted by Crippen LogP contribution is -2.34. The molecule has 1 aliphatic rings. The molecule has 0 aliphatic carbocycles. The van der Waals surface area contributed by atoms with Crippen molar-refractivity contribution in [3.63, 3.8) is 0 Å². The lowest BCUT2D eigenvalue weighted by atomic mass is 10.1. The molecule has 0 saturated carbocycles. The van der Waals surface area contributed by atoms with Gasteiger partial charge in [-0.1, -0.05) is 24.8 Å². The van der Waals surface area contributed by atoms with Gasteiger partial charge in [0.1, 0.15) is 23.2 Å². The smallest absolute Gasteiger partial charge is 0.262 e. The van der Waals surface area contributed by atoms with E-state index in [9.17, 15) is 15.2 Å². The maximum Gasteiger partial charge on any atom is 0.262 e. The molecule has 0 spiro atoms. The Bertz CT molecular complexity index is 1210. The number of likely N-dealkylation sites (tertiary alicyclic amines) is 1. The largest absolute Gasteiger partial charge is 0.457 e. The van der Waals surface area contributed by atoms with E-state index < -0.39 is 18.6 Å². The van der Waals surface area contributed by atoms with Crippen molar-refractivity contribution in [2.24, 2.45) is 0 Å². The second-order valence-electron chi connectivity index (χ2n) is 8.24. The van der Waals surface area contributed by atoms with Crippen LogP contribution in [-0.2, 0) is 4.79 Å². The van der Waals surface area contributed by atoms with Crippen molar-refractivity contribution < 1.29 is 19.4 Å². The monoisotopic (exact) mass is 461 g/mol. The fraction of sp³-hybridized carbons (Fsp3) is 0.333. The number of amides is 1. The second kappa shape index (κ2) is 12.0. The number of furan rings is 1. The minimum absolute atomic E-state index is 0.153. The Hall–Kier alpha value is -3.60. The number of rotatable bonds is 8. The van der Waals surface area contributed by atoms with E-state index in [1.807, 2.05) is 24.3 Å². The maximum absolute atomic E-state index is 12.1. The van der Waals surface area contributed by atoms with Crippen LogP contribution in [0.1, 0.15) is 31.9 Å². The number of nitrogens with zero attached hydrogens (tertiary/aromatic N) is 2. The highest BCUT2D eigenvalue weighted by Crippen LogP contribution is 2.22. The normalized spacial score (nSPS) is 16.3. The number of piperidine rings is 1. The van der Waals surface area contributed by atoms with Gasteiger partial charge in [-0.25, -0.2) is 0 Å². The lowest BCUT2D eigenvalue weighted by Gasteiger charge is -2.29. The van der Waals surface area contributed by atoms with E-state index in [2.05, 4.69) is 35.9 Å². The molecule has 0 radical (unpaired) electrons. The van der Waals surface area contributed by atoms with Gasteiger partial charge in [-0.2, -0.15) is 5.26 Å². The first-order chi connectivity index (χ1) is 16.4. The average molecular weight is 462 g/mol. The number of aliphatic hydroxyl groups is 2. The summed E-state index contributed by atoms with van der Waals surface area (Å²) >= 11 is 0. The van der Waals surface area contributed by atoms with E-state index in [4.69, 9.17) is 9.52 Å². The molecular formula is C27H31N3O4. The molecule has 3 rings (SSSR count). The number of allylic oxidation sites excluding steroid dienone is 2. The van der Waals surface area contributed by atoms with Gasteiger partial charge >= 0.3 is 0 Å². The molecule has 1 atom stereocenters. The summed E-state index contributed by atoms with van der Waals surface area (Å²) in [6, 6.07) is 11.2. The van der Waals surface area contributed by atoms with Crippen molar-refractivity contribution in [2.75, 3.05) is 26.2 Å². The molecule has 3 N–H and O–H groups in total. The number of nitrogens with one attached hydrogen (secondary N) is 1. The van der Waals surface area contributed by atoms with Gasteiger partial charge in [-0.3, -0.25) is 4.79 Å². The zero-order chi connectivity index (χ0) is 24.5. The van der Waals surface area contributed by atoms with Gasteiger partial charge in [0.15, 0.2) is 0 Å². The first kappa shape index (κ1) is 25.0. The molecule has 178 valence electrons. The molecule has 1 aliphatic heterocycles. The van der Waals surface area contributed by atoms with E-state index in [0.29, 0.717) is 11.5 Å². The third kappa shape index (κ3) is 6.47. The van der Waals surface area contributed by atoms with Crippen LogP contribution >= 0.6 is 0 Å². The first-order valence-electron chi connectivity index (χ1n) is 11.5. The van der Waals surface area contributed by atoms with Gasteiger partial charge in [-0.15, -0.1) is 0 Å². The quantitative estimate of drug-likeness (QED) is 0.409. The van der Waals surface area contributed by atoms with Crippen LogP contribution in [0.2, 0.25) is 0 Å². The summed E-state index contributed by atoms with van der Waals surface area (Å²) in [7, 11) is 0. The van der Waals surface area contributed by atoms with Crippen molar-refractivity contribution in [1.82, 2.24) is 10.2 Å².